The fourth-order valence-corrected chi connectivity index (χ4v) is 2.47. The van der Waals surface area contributed by atoms with E-state index in [0.29, 0.717) is 16.8 Å². The summed E-state index contributed by atoms with van der Waals surface area (Å²) in [5.74, 6) is 0.340. The fraction of sp³-hybridized carbons (Fsp3) is 0.111. The predicted octanol–water partition coefficient (Wildman–Crippen LogP) is 2.35. The topological polar surface area (TPSA) is 95.1 Å². The van der Waals surface area contributed by atoms with Crippen LogP contribution in [-0.2, 0) is 6.54 Å². The second-order valence-electron chi connectivity index (χ2n) is 5.53. The number of ether oxygens (including phenoxy) is 1. The molecule has 0 aliphatic carbocycles. The first-order valence-corrected chi connectivity index (χ1v) is 7.92. The van der Waals surface area contributed by atoms with E-state index in [1.807, 2.05) is 36.4 Å². The van der Waals surface area contributed by atoms with Crippen LogP contribution in [0.3, 0.4) is 0 Å². The monoisotopic (exact) mass is 349 g/mol. The van der Waals surface area contributed by atoms with Gasteiger partial charge in [-0.05, 0) is 24.3 Å². The highest BCUT2D eigenvalue weighted by Crippen LogP contribution is 2.16. The first-order chi connectivity index (χ1) is 12.7. The van der Waals surface area contributed by atoms with E-state index < -0.39 is 5.91 Å². The Kier molecular flexibility index (Phi) is 4.06. The summed E-state index contributed by atoms with van der Waals surface area (Å²) in [6, 6.07) is 14.7. The molecule has 4 rings (SSSR count). The molecular weight excluding hydrogens is 334 g/mol. The second kappa shape index (κ2) is 6.67. The molecule has 0 aliphatic heterocycles. The lowest BCUT2D eigenvalue weighted by molar-refractivity contribution is 0.0918. The largest absolute Gasteiger partial charge is 0.497 e. The lowest BCUT2D eigenvalue weighted by Crippen LogP contribution is -2.23. The predicted molar refractivity (Wildman–Crippen MR) is 93.1 cm³/mol. The normalized spacial score (nSPS) is 10.8. The van der Waals surface area contributed by atoms with Crippen LogP contribution in [0.15, 0.2) is 59.1 Å². The zero-order valence-electron chi connectivity index (χ0n) is 13.9. The lowest BCUT2D eigenvalue weighted by atomic mass is 10.3. The van der Waals surface area contributed by atoms with Crippen LogP contribution in [0.1, 0.15) is 16.4 Å². The summed E-state index contributed by atoms with van der Waals surface area (Å²) in [5, 5.41) is 10.9. The van der Waals surface area contributed by atoms with Gasteiger partial charge < -0.3 is 14.5 Å². The summed E-state index contributed by atoms with van der Waals surface area (Å²) >= 11 is 0. The fourth-order valence-electron chi connectivity index (χ4n) is 2.47. The number of nitrogens with one attached hydrogen (secondary N) is 1. The molecule has 1 amide bonds. The van der Waals surface area contributed by atoms with Gasteiger partial charge in [0.15, 0.2) is 5.58 Å². The molecule has 0 bridgehead atoms. The first-order valence-electron chi connectivity index (χ1n) is 7.92. The molecule has 2 aromatic carbocycles. The lowest BCUT2D eigenvalue weighted by Gasteiger charge is -2.03. The third-order valence-corrected chi connectivity index (χ3v) is 3.78. The summed E-state index contributed by atoms with van der Waals surface area (Å²) < 4.78 is 12.3. The van der Waals surface area contributed by atoms with E-state index in [2.05, 4.69) is 20.6 Å². The summed E-state index contributed by atoms with van der Waals surface area (Å²) in [6.45, 7) is 0.210. The van der Waals surface area contributed by atoms with Gasteiger partial charge in [0.1, 0.15) is 17.0 Å². The average molecular weight is 349 g/mol. The van der Waals surface area contributed by atoms with Gasteiger partial charge in [0.05, 0.1) is 25.5 Å². The number of hydrogen-bond acceptors (Lipinski definition) is 6. The van der Waals surface area contributed by atoms with Gasteiger partial charge in [0.2, 0.25) is 0 Å². The van der Waals surface area contributed by atoms with Gasteiger partial charge in [0, 0.05) is 6.07 Å². The Morgan fingerprint density at radius 2 is 2.12 bits per heavy atom. The average Bonchev–Trinajstić information content (AvgIpc) is 3.33. The first kappa shape index (κ1) is 15.8. The van der Waals surface area contributed by atoms with Crippen LogP contribution >= 0.6 is 0 Å². The van der Waals surface area contributed by atoms with Gasteiger partial charge in [-0.3, -0.25) is 4.79 Å². The Morgan fingerprint density at radius 1 is 1.23 bits per heavy atom. The SMILES string of the molecule is COc1cccc(-n2cc(CNC(=O)c3nc4ccccc4o3)nn2)c1. The number of para-hydroxylation sites is 2. The second-order valence-corrected chi connectivity index (χ2v) is 5.53. The highest BCUT2D eigenvalue weighted by molar-refractivity contribution is 5.92. The van der Waals surface area contributed by atoms with E-state index >= 15 is 0 Å². The molecule has 26 heavy (non-hydrogen) atoms. The number of carbonyl (C=O) groups is 1. The molecule has 8 nitrogen and oxygen atoms in total. The van der Waals surface area contributed by atoms with Crippen molar-refractivity contribution in [1.82, 2.24) is 25.3 Å². The van der Waals surface area contributed by atoms with Crippen molar-refractivity contribution in [2.24, 2.45) is 0 Å². The molecule has 0 saturated heterocycles. The maximum Gasteiger partial charge on any atom is 0.307 e. The smallest absolute Gasteiger partial charge is 0.307 e. The van der Waals surface area contributed by atoms with Crippen LogP contribution < -0.4 is 10.1 Å². The zero-order chi connectivity index (χ0) is 17.9. The van der Waals surface area contributed by atoms with Gasteiger partial charge >= 0.3 is 5.91 Å². The van der Waals surface area contributed by atoms with E-state index in [4.69, 9.17) is 9.15 Å². The Morgan fingerprint density at radius 3 is 2.96 bits per heavy atom. The van der Waals surface area contributed by atoms with Crippen LogP contribution in [0, 0.1) is 0 Å². The number of methoxy groups -OCH3 is 1. The molecule has 0 radical (unpaired) electrons. The minimum atomic E-state index is -0.405. The molecule has 1 N–H and O–H groups in total. The maximum absolute atomic E-state index is 12.2. The minimum absolute atomic E-state index is 0.0198. The maximum atomic E-state index is 12.2. The van der Waals surface area contributed by atoms with Gasteiger partial charge in [-0.2, -0.15) is 0 Å². The Bertz CT molecular complexity index is 1040. The standard InChI is InChI=1S/C18H15N5O3/c1-25-14-6-4-5-13(9-14)23-11-12(21-22-23)10-19-17(24)18-20-15-7-2-3-8-16(15)26-18/h2-9,11H,10H2,1H3,(H,19,24). The Labute approximate surface area is 148 Å². The van der Waals surface area contributed by atoms with Crippen molar-refractivity contribution in [3.05, 3.63) is 66.3 Å². The van der Waals surface area contributed by atoms with Crippen LogP contribution in [0.5, 0.6) is 5.75 Å². The number of benzene rings is 2. The molecule has 8 heteroatoms. The van der Waals surface area contributed by atoms with Crippen molar-refractivity contribution in [2.45, 2.75) is 6.54 Å². The van der Waals surface area contributed by atoms with E-state index in [9.17, 15) is 4.79 Å². The molecular formula is C18H15N5O3. The quantitative estimate of drug-likeness (QED) is 0.594. The van der Waals surface area contributed by atoms with Crippen molar-refractivity contribution in [3.8, 4) is 11.4 Å². The van der Waals surface area contributed by atoms with Gasteiger partial charge in [-0.15, -0.1) is 5.10 Å². The number of amides is 1. The van der Waals surface area contributed by atoms with Crippen molar-refractivity contribution in [2.75, 3.05) is 7.11 Å². The number of aromatic nitrogens is 4. The molecule has 0 unspecified atom stereocenters. The van der Waals surface area contributed by atoms with E-state index in [0.717, 1.165) is 11.4 Å². The highest BCUT2D eigenvalue weighted by Gasteiger charge is 2.14. The highest BCUT2D eigenvalue weighted by atomic mass is 16.5. The third kappa shape index (κ3) is 3.12. The summed E-state index contributed by atoms with van der Waals surface area (Å²) in [7, 11) is 1.60. The van der Waals surface area contributed by atoms with Crippen LogP contribution in [-0.4, -0.2) is 33.0 Å². The Balaban J connectivity index is 1.44. The van der Waals surface area contributed by atoms with Crippen molar-refractivity contribution in [1.29, 1.82) is 0 Å². The van der Waals surface area contributed by atoms with E-state index in [1.54, 1.807) is 30.1 Å². The van der Waals surface area contributed by atoms with Crippen LogP contribution in [0.2, 0.25) is 0 Å². The molecule has 4 aromatic rings. The van der Waals surface area contributed by atoms with Crippen molar-refractivity contribution >= 4 is 17.0 Å². The van der Waals surface area contributed by atoms with Crippen molar-refractivity contribution < 1.29 is 13.9 Å². The molecule has 130 valence electrons. The molecule has 0 spiro atoms. The molecule has 0 saturated carbocycles. The van der Waals surface area contributed by atoms with E-state index in [-0.39, 0.29) is 12.4 Å². The van der Waals surface area contributed by atoms with Crippen molar-refractivity contribution in [3.63, 3.8) is 0 Å². The summed E-state index contributed by atoms with van der Waals surface area (Å²) in [4.78, 5) is 16.4. The number of nitrogens with zero attached hydrogens (tertiary/aromatic N) is 4. The molecule has 2 heterocycles. The summed E-state index contributed by atoms with van der Waals surface area (Å²) in [6.07, 6.45) is 1.74. The number of rotatable bonds is 5. The van der Waals surface area contributed by atoms with Gasteiger partial charge in [-0.1, -0.05) is 23.4 Å². The van der Waals surface area contributed by atoms with Crippen LogP contribution in [0.4, 0.5) is 0 Å². The number of carbonyl (C=O) groups excluding carboxylic acids is 1. The van der Waals surface area contributed by atoms with Crippen LogP contribution in [0.25, 0.3) is 16.8 Å². The molecule has 0 aliphatic rings. The number of hydrogen-bond donors (Lipinski definition) is 1. The molecule has 0 fully saturated rings. The molecule has 0 atom stereocenters. The van der Waals surface area contributed by atoms with E-state index in [1.165, 1.54) is 0 Å². The third-order valence-electron chi connectivity index (χ3n) is 3.78. The van der Waals surface area contributed by atoms with Gasteiger partial charge in [-0.25, -0.2) is 9.67 Å². The number of fused-ring (bicyclic) bond motifs is 1. The Hall–Kier alpha value is -3.68. The number of oxazole rings is 1. The van der Waals surface area contributed by atoms with Gasteiger partial charge in [0.25, 0.3) is 5.89 Å². The minimum Gasteiger partial charge on any atom is -0.497 e. The molecule has 2 aromatic heterocycles. The summed E-state index contributed by atoms with van der Waals surface area (Å²) in [5.41, 5.74) is 2.63. The zero-order valence-corrected chi connectivity index (χ0v) is 13.9.